The van der Waals surface area contributed by atoms with Gasteiger partial charge in [0, 0.05) is 0 Å². The van der Waals surface area contributed by atoms with Gasteiger partial charge >= 0.3 is 11.9 Å². The van der Waals surface area contributed by atoms with Crippen LogP contribution in [0.2, 0.25) is 0 Å². The zero-order valence-corrected chi connectivity index (χ0v) is 12.4. The molecule has 0 N–H and O–H groups in total. The minimum absolute atomic E-state index is 0.159. The van der Waals surface area contributed by atoms with Crippen LogP contribution in [0.15, 0.2) is 24.3 Å². The van der Waals surface area contributed by atoms with Gasteiger partial charge in [0.05, 0.1) is 18.2 Å². The number of fused-ring (bicyclic) bond motifs is 1. The normalized spacial score (nSPS) is 22.8. The molecule has 0 spiro atoms. The fraction of sp³-hybridized carbons (Fsp3) is 0.214. The number of likely N-dealkylation sites (tertiary alicyclic amines) is 1. The van der Waals surface area contributed by atoms with Crippen LogP contribution in [0.5, 0.6) is 0 Å². The van der Waals surface area contributed by atoms with Crippen molar-refractivity contribution < 1.29 is 28.7 Å². The van der Waals surface area contributed by atoms with E-state index in [0.29, 0.717) is 9.80 Å². The molecule has 0 unspecified atom stereocenters. The summed E-state index contributed by atoms with van der Waals surface area (Å²) in [4.78, 5) is 60.8. The first-order valence-corrected chi connectivity index (χ1v) is 6.90. The highest BCUT2D eigenvalue weighted by molar-refractivity contribution is 6.41. The van der Waals surface area contributed by atoms with Crippen LogP contribution >= 0.6 is 11.6 Å². The number of carbonyl (C=O) groups is 5. The van der Waals surface area contributed by atoms with E-state index in [1.54, 1.807) is 12.1 Å². The number of nitrogens with zero attached hydrogens (tertiary/aromatic N) is 2. The second-order valence-electron chi connectivity index (χ2n) is 4.85. The van der Waals surface area contributed by atoms with Gasteiger partial charge in [-0.3, -0.25) is 29.0 Å². The van der Waals surface area contributed by atoms with Crippen LogP contribution in [0.25, 0.3) is 0 Å². The van der Waals surface area contributed by atoms with E-state index in [2.05, 4.69) is 4.74 Å². The third-order valence-electron chi connectivity index (χ3n) is 3.68. The molecule has 1 fully saturated rings. The number of imide groups is 2. The standard InChI is InChI=1S/C14H9ClN2O6/c1-23-14(22)13(21)17-9(15)8(12(17)20)16-10(18)6-4-2-3-5-7(6)11(16)19/h2-5,8-9H,1H3/t8-,9+/m0/s1. The van der Waals surface area contributed by atoms with Gasteiger partial charge in [-0.2, -0.15) is 0 Å². The molecule has 3 rings (SSSR count). The summed E-state index contributed by atoms with van der Waals surface area (Å²) in [7, 11) is 0.982. The highest BCUT2D eigenvalue weighted by atomic mass is 35.5. The lowest BCUT2D eigenvalue weighted by Crippen LogP contribution is -2.71. The predicted octanol–water partition coefficient (Wildman–Crippen LogP) is -0.242. The predicted molar refractivity (Wildman–Crippen MR) is 74.2 cm³/mol. The molecule has 2 aliphatic rings. The van der Waals surface area contributed by atoms with Crippen LogP contribution in [0.4, 0.5) is 0 Å². The molecular weight excluding hydrogens is 328 g/mol. The minimum atomic E-state index is -1.34. The first-order chi connectivity index (χ1) is 10.9. The number of hydrogen-bond acceptors (Lipinski definition) is 6. The van der Waals surface area contributed by atoms with Gasteiger partial charge in [0.25, 0.3) is 17.7 Å². The summed E-state index contributed by atoms with van der Waals surface area (Å²) in [6.45, 7) is 0. The van der Waals surface area contributed by atoms with E-state index < -0.39 is 41.1 Å². The summed E-state index contributed by atoms with van der Waals surface area (Å²) in [5.74, 6) is -4.75. The Hall–Kier alpha value is -2.74. The molecule has 4 amide bonds. The molecule has 0 radical (unpaired) electrons. The van der Waals surface area contributed by atoms with Gasteiger partial charge in [0.1, 0.15) is 5.50 Å². The first kappa shape index (κ1) is 15.2. The number of amides is 4. The zero-order valence-electron chi connectivity index (χ0n) is 11.7. The molecule has 8 nitrogen and oxygen atoms in total. The van der Waals surface area contributed by atoms with E-state index in [0.717, 1.165) is 7.11 Å². The number of alkyl halides is 1. The van der Waals surface area contributed by atoms with E-state index in [-0.39, 0.29) is 11.1 Å². The van der Waals surface area contributed by atoms with Gasteiger partial charge in [-0.15, -0.1) is 0 Å². The van der Waals surface area contributed by atoms with Crippen molar-refractivity contribution in [3.05, 3.63) is 35.4 Å². The lowest BCUT2D eigenvalue weighted by Gasteiger charge is -2.44. The van der Waals surface area contributed by atoms with Crippen LogP contribution in [0.1, 0.15) is 20.7 Å². The molecule has 118 valence electrons. The van der Waals surface area contributed by atoms with Gasteiger partial charge in [0.2, 0.25) is 0 Å². The van der Waals surface area contributed by atoms with Crippen LogP contribution in [-0.2, 0) is 19.1 Å². The Labute approximate surface area is 134 Å². The molecule has 1 aromatic rings. The number of ether oxygens (including phenoxy) is 1. The average molecular weight is 337 g/mol. The van der Waals surface area contributed by atoms with Crippen molar-refractivity contribution in [1.82, 2.24) is 9.80 Å². The van der Waals surface area contributed by atoms with E-state index in [4.69, 9.17) is 11.6 Å². The van der Waals surface area contributed by atoms with Crippen LogP contribution in [-0.4, -0.2) is 58.1 Å². The molecule has 0 aromatic heterocycles. The minimum Gasteiger partial charge on any atom is -0.462 e. The van der Waals surface area contributed by atoms with E-state index in [1.807, 2.05) is 0 Å². The molecule has 1 saturated heterocycles. The number of benzene rings is 1. The second-order valence-corrected chi connectivity index (χ2v) is 5.30. The summed E-state index contributed by atoms with van der Waals surface area (Å²) in [5.41, 5.74) is -1.00. The Kier molecular flexibility index (Phi) is 3.41. The van der Waals surface area contributed by atoms with Gasteiger partial charge in [-0.05, 0) is 12.1 Å². The van der Waals surface area contributed by atoms with Crippen molar-refractivity contribution in [3.8, 4) is 0 Å². The Balaban J connectivity index is 1.87. The fourth-order valence-corrected chi connectivity index (χ4v) is 2.94. The third kappa shape index (κ3) is 1.95. The molecule has 2 heterocycles. The van der Waals surface area contributed by atoms with E-state index >= 15 is 0 Å². The maximum atomic E-state index is 12.3. The number of rotatable bonds is 1. The highest BCUT2D eigenvalue weighted by Crippen LogP contribution is 2.34. The van der Waals surface area contributed by atoms with E-state index in [1.165, 1.54) is 12.1 Å². The molecule has 2 aliphatic heterocycles. The van der Waals surface area contributed by atoms with E-state index in [9.17, 15) is 24.0 Å². The third-order valence-corrected chi connectivity index (χ3v) is 4.11. The number of carbonyl (C=O) groups excluding carboxylic acids is 5. The molecule has 0 aliphatic carbocycles. The Morgan fingerprint density at radius 3 is 2.04 bits per heavy atom. The number of β-lactam (4-membered cyclic amide) rings is 1. The molecular formula is C14H9ClN2O6. The Morgan fingerprint density at radius 1 is 1.09 bits per heavy atom. The van der Waals surface area contributed by atoms with Crippen molar-refractivity contribution in [2.24, 2.45) is 0 Å². The van der Waals surface area contributed by atoms with Crippen molar-refractivity contribution in [2.45, 2.75) is 11.5 Å². The van der Waals surface area contributed by atoms with Crippen molar-refractivity contribution in [2.75, 3.05) is 7.11 Å². The van der Waals surface area contributed by atoms with Crippen LogP contribution < -0.4 is 0 Å². The lowest BCUT2D eigenvalue weighted by molar-refractivity contribution is -0.170. The van der Waals surface area contributed by atoms with Gasteiger partial charge in [-0.25, -0.2) is 4.79 Å². The van der Waals surface area contributed by atoms with Gasteiger partial charge in [-0.1, -0.05) is 23.7 Å². The molecule has 23 heavy (non-hydrogen) atoms. The summed E-state index contributed by atoms with van der Waals surface area (Å²) in [5, 5.41) is 0. The van der Waals surface area contributed by atoms with Crippen molar-refractivity contribution >= 4 is 41.2 Å². The number of esters is 1. The fourth-order valence-electron chi connectivity index (χ4n) is 2.53. The number of halogens is 1. The molecule has 2 atom stereocenters. The number of hydrogen-bond donors (Lipinski definition) is 0. The largest absolute Gasteiger partial charge is 0.462 e. The lowest BCUT2D eigenvalue weighted by atomic mass is 10.1. The Bertz CT molecular complexity index is 741. The van der Waals surface area contributed by atoms with Crippen LogP contribution in [0, 0.1) is 0 Å². The van der Waals surface area contributed by atoms with Gasteiger partial charge < -0.3 is 4.74 Å². The maximum Gasteiger partial charge on any atom is 0.397 e. The molecule has 0 saturated carbocycles. The second kappa shape index (κ2) is 5.17. The smallest absolute Gasteiger partial charge is 0.397 e. The van der Waals surface area contributed by atoms with Crippen LogP contribution in [0.3, 0.4) is 0 Å². The summed E-state index contributed by atoms with van der Waals surface area (Å²) >= 11 is 5.96. The van der Waals surface area contributed by atoms with Crippen molar-refractivity contribution in [1.29, 1.82) is 0 Å². The first-order valence-electron chi connectivity index (χ1n) is 6.46. The zero-order chi connectivity index (χ0) is 16.9. The summed E-state index contributed by atoms with van der Waals surface area (Å²) in [6.07, 6.45) is 0. The maximum absolute atomic E-state index is 12.3. The number of methoxy groups -OCH3 is 1. The summed E-state index contributed by atoms with van der Waals surface area (Å²) in [6, 6.07) is 4.75. The molecule has 9 heteroatoms. The molecule has 1 aromatic carbocycles. The topological polar surface area (TPSA) is 101 Å². The quantitative estimate of drug-likeness (QED) is 0.175. The monoisotopic (exact) mass is 336 g/mol. The van der Waals surface area contributed by atoms with Gasteiger partial charge in [0.15, 0.2) is 6.04 Å². The SMILES string of the molecule is COC(=O)C(=O)N1C(=O)[C@@H](N2C(=O)c3ccccc3C2=O)[C@@H]1Cl. The average Bonchev–Trinajstić information content (AvgIpc) is 2.80. The van der Waals surface area contributed by atoms with Crippen molar-refractivity contribution in [3.63, 3.8) is 0 Å². The summed E-state index contributed by atoms with van der Waals surface area (Å²) < 4.78 is 4.23. The Morgan fingerprint density at radius 2 is 1.61 bits per heavy atom. The molecule has 0 bridgehead atoms. The highest BCUT2D eigenvalue weighted by Gasteiger charge is 2.59.